The number of nitrogens with one attached hydrogen (secondary N) is 1. The molecule has 0 radical (unpaired) electrons. The van der Waals surface area contributed by atoms with Crippen molar-refractivity contribution >= 4 is 17.6 Å². The SMILES string of the molecule is O=[N+]([O-])c1cc(/C=N\Nn2cnnc2)ccc1N1CCOCC1. The fourth-order valence-electron chi connectivity index (χ4n) is 2.26. The molecule has 0 saturated carbocycles. The third-order valence-electron chi connectivity index (χ3n) is 3.35. The minimum Gasteiger partial charge on any atom is -0.378 e. The van der Waals surface area contributed by atoms with E-state index in [0.29, 0.717) is 37.6 Å². The molecule has 1 fully saturated rings. The number of nitro groups is 1. The van der Waals surface area contributed by atoms with Crippen molar-refractivity contribution in [2.45, 2.75) is 0 Å². The van der Waals surface area contributed by atoms with Crippen molar-refractivity contribution in [3.05, 3.63) is 46.5 Å². The van der Waals surface area contributed by atoms with E-state index in [2.05, 4.69) is 20.8 Å². The molecule has 0 atom stereocenters. The van der Waals surface area contributed by atoms with Gasteiger partial charge in [-0.2, -0.15) is 5.10 Å². The Morgan fingerprint density at radius 3 is 2.74 bits per heavy atom. The maximum atomic E-state index is 11.3. The number of hydrogen-bond acceptors (Lipinski definition) is 8. The van der Waals surface area contributed by atoms with Gasteiger partial charge in [0.2, 0.25) is 0 Å². The average Bonchev–Trinajstić information content (AvgIpc) is 3.09. The Bertz CT molecular complexity index is 696. The molecule has 3 rings (SSSR count). The zero-order valence-corrected chi connectivity index (χ0v) is 12.2. The van der Waals surface area contributed by atoms with Crippen molar-refractivity contribution in [2.24, 2.45) is 5.10 Å². The highest BCUT2D eigenvalue weighted by atomic mass is 16.6. The minimum atomic E-state index is -0.380. The van der Waals surface area contributed by atoms with Crippen molar-refractivity contribution in [1.29, 1.82) is 0 Å². The molecule has 1 N–H and O–H groups in total. The standard InChI is InChI=1S/C13H15N7O3/c21-20(22)13-7-11(8-14-17-19-9-15-16-10-19)1-2-12(13)18-3-5-23-6-4-18/h1-2,7-10,17H,3-6H2/b14-8-. The van der Waals surface area contributed by atoms with E-state index in [1.165, 1.54) is 29.6 Å². The molecule has 1 saturated heterocycles. The monoisotopic (exact) mass is 317 g/mol. The number of benzene rings is 1. The van der Waals surface area contributed by atoms with Crippen LogP contribution >= 0.6 is 0 Å². The number of ether oxygens (including phenoxy) is 1. The molecule has 0 bridgehead atoms. The Kier molecular flexibility index (Phi) is 4.43. The normalized spacial score (nSPS) is 15.0. The van der Waals surface area contributed by atoms with Crippen molar-refractivity contribution in [3.8, 4) is 0 Å². The Balaban J connectivity index is 1.78. The third-order valence-corrected chi connectivity index (χ3v) is 3.35. The Hall–Kier alpha value is -3.01. The molecule has 0 aliphatic carbocycles. The van der Waals surface area contributed by atoms with Crippen LogP contribution < -0.4 is 10.4 Å². The van der Waals surface area contributed by atoms with Gasteiger partial charge in [0.25, 0.3) is 5.69 Å². The summed E-state index contributed by atoms with van der Waals surface area (Å²) in [7, 11) is 0. The van der Waals surface area contributed by atoms with Crippen LogP contribution in [0, 0.1) is 10.1 Å². The second-order valence-corrected chi connectivity index (χ2v) is 4.83. The molecule has 0 unspecified atom stereocenters. The van der Waals surface area contributed by atoms with Crippen LogP contribution in [0.5, 0.6) is 0 Å². The zero-order valence-electron chi connectivity index (χ0n) is 12.2. The molecule has 0 amide bonds. The van der Waals surface area contributed by atoms with Crippen LogP contribution in [-0.4, -0.2) is 52.3 Å². The zero-order chi connectivity index (χ0) is 16.1. The van der Waals surface area contributed by atoms with Crippen LogP contribution in [-0.2, 0) is 4.74 Å². The summed E-state index contributed by atoms with van der Waals surface area (Å²) in [5.41, 5.74) is 3.94. The van der Waals surface area contributed by atoms with E-state index in [-0.39, 0.29) is 10.6 Å². The smallest absolute Gasteiger partial charge is 0.293 e. The summed E-state index contributed by atoms with van der Waals surface area (Å²) in [4.78, 5) is 12.9. The highest BCUT2D eigenvalue weighted by molar-refractivity contribution is 5.83. The van der Waals surface area contributed by atoms with Crippen LogP contribution in [0.3, 0.4) is 0 Å². The van der Waals surface area contributed by atoms with E-state index < -0.39 is 0 Å². The summed E-state index contributed by atoms with van der Waals surface area (Å²) in [6.45, 7) is 2.43. The van der Waals surface area contributed by atoms with Gasteiger partial charge in [-0.25, -0.2) is 10.2 Å². The van der Waals surface area contributed by atoms with Crippen molar-refractivity contribution in [1.82, 2.24) is 14.9 Å². The maximum Gasteiger partial charge on any atom is 0.293 e. The van der Waals surface area contributed by atoms with Gasteiger partial charge in [-0.15, -0.1) is 10.2 Å². The summed E-state index contributed by atoms with van der Waals surface area (Å²) >= 11 is 0. The summed E-state index contributed by atoms with van der Waals surface area (Å²) in [5, 5.41) is 22.6. The third kappa shape index (κ3) is 3.61. The summed E-state index contributed by atoms with van der Waals surface area (Å²) in [5.74, 6) is 0. The lowest BCUT2D eigenvalue weighted by atomic mass is 10.1. The largest absolute Gasteiger partial charge is 0.378 e. The van der Waals surface area contributed by atoms with Gasteiger partial charge in [0.1, 0.15) is 18.3 Å². The van der Waals surface area contributed by atoms with Gasteiger partial charge >= 0.3 is 0 Å². The first kappa shape index (κ1) is 14.9. The molecule has 1 aliphatic heterocycles. The molecule has 1 aliphatic rings. The molecule has 2 aromatic rings. The fourth-order valence-corrected chi connectivity index (χ4v) is 2.26. The van der Waals surface area contributed by atoms with Crippen molar-refractivity contribution < 1.29 is 9.66 Å². The van der Waals surface area contributed by atoms with Gasteiger partial charge in [0, 0.05) is 24.7 Å². The van der Waals surface area contributed by atoms with E-state index in [1.807, 2.05) is 4.90 Å². The summed E-state index contributed by atoms with van der Waals surface area (Å²) in [6, 6.07) is 5.03. The quantitative estimate of drug-likeness (QED) is 0.488. The van der Waals surface area contributed by atoms with E-state index >= 15 is 0 Å². The number of rotatable bonds is 5. The van der Waals surface area contributed by atoms with E-state index in [4.69, 9.17) is 4.74 Å². The molecular formula is C13H15N7O3. The molecule has 120 valence electrons. The van der Waals surface area contributed by atoms with Crippen LogP contribution in [0.15, 0.2) is 36.0 Å². The number of nitrogens with zero attached hydrogens (tertiary/aromatic N) is 6. The lowest BCUT2D eigenvalue weighted by molar-refractivity contribution is -0.384. The Morgan fingerprint density at radius 1 is 1.30 bits per heavy atom. The average molecular weight is 317 g/mol. The number of anilines is 1. The van der Waals surface area contributed by atoms with Crippen LogP contribution in [0.4, 0.5) is 11.4 Å². The van der Waals surface area contributed by atoms with Gasteiger partial charge in [0.15, 0.2) is 0 Å². The van der Waals surface area contributed by atoms with Gasteiger partial charge in [0.05, 0.1) is 24.4 Å². The maximum absolute atomic E-state index is 11.3. The van der Waals surface area contributed by atoms with E-state index in [9.17, 15) is 10.1 Å². The topological polar surface area (TPSA) is 111 Å². The number of nitro benzene ring substituents is 1. The fraction of sp³-hybridized carbons (Fsp3) is 0.308. The first-order chi connectivity index (χ1) is 11.2. The highest BCUT2D eigenvalue weighted by Crippen LogP contribution is 2.29. The molecule has 2 heterocycles. The van der Waals surface area contributed by atoms with Crippen molar-refractivity contribution in [2.75, 3.05) is 36.7 Å². The van der Waals surface area contributed by atoms with Gasteiger partial charge in [-0.3, -0.25) is 10.1 Å². The second kappa shape index (κ2) is 6.83. The van der Waals surface area contributed by atoms with Gasteiger partial charge in [-0.1, -0.05) is 6.07 Å². The number of aromatic nitrogens is 3. The van der Waals surface area contributed by atoms with Crippen molar-refractivity contribution in [3.63, 3.8) is 0 Å². The minimum absolute atomic E-state index is 0.0557. The Labute approximate surface area is 131 Å². The predicted octanol–water partition coefficient (Wildman–Crippen LogP) is 0.600. The summed E-state index contributed by atoms with van der Waals surface area (Å²) < 4.78 is 6.73. The van der Waals surface area contributed by atoms with E-state index in [1.54, 1.807) is 12.1 Å². The van der Waals surface area contributed by atoms with E-state index in [0.717, 1.165) is 0 Å². The molecule has 1 aromatic heterocycles. The first-order valence-corrected chi connectivity index (χ1v) is 6.99. The highest BCUT2D eigenvalue weighted by Gasteiger charge is 2.21. The Morgan fingerprint density at radius 2 is 2.04 bits per heavy atom. The predicted molar refractivity (Wildman–Crippen MR) is 83.1 cm³/mol. The summed E-state index contributed by atoms with van der Waals surface area (Å²) in [6.07, 6.45) is 4.39. The van der Waals surface area contributed by atoms with Crippen LogP contribution in [0.1, 0.15) is 5.56 Å². The van der Waals surface area contributed by atoms with Crippen LogP contribution in [0.2, 0.25) is 0 Å². The molecule has 1 aromatic carbocycles. The van der Waals surface area contributed by atoms with Crippen LogP contribution in [0.25, 0.3) is 0 Å². The number of hydrazone groups is 1. The lowest BCUT2D eigenvalue weighted by Gasteiger charge is -2.28. The van der Waals surface area contributed by atoms with Gasteiger partial charge < -0.3 is 9.64 Å². The second-order valence-electron chi connectivity index (χ2n) is 4.83. The number of hydrogen-bond donors (Lipinski definition) is 1. The molecule has 10 heteroatoms. The molecular weight excluding hydrogens is 302 g/mol. The lowest BCUT2D eigenvalue weighted by Crippen LogP contribution is -2.36. The first-order valence-electron chi connectivity index (χ1n) is 6.99. The molecule has 10 nitrogen and oxygen atoms in total. The van der Waals surface area contributed by atoms with Gasteiger partial charge in [-0.05, 0) is 6.07 Å². The molecule has 23 heavy (non-hydrogen) atoms. The molecule has 0 spiro atoms. The number of morpholine rings is 1.